The molecule has 2 aromatic heterocycles. The molecule has 2 aromatic carbocycles. The van der Waals surface area contributed by atoms with Gasteiger partial charge in [0.05, 0.1) is 27.4 Å². The minimum atomic E-state index is -4.98. The molecule has 0 unspecified atom stereocenters. The number of halogens is 5. The number of thiazole rings is 1. The number of nitrogen functional groups attached to an aromatic ring is 1. The Labute approximate surface area is 247 Å². The quantitative estimate of drug-likeness (QED) is 0.272. The zero-order chi connectivity index (χ0) is 30.1. The number of aliphatic hydroxyl groups is 1. The highest BCUT2D eigenvalue weighted by molar-refractivity contribution is 7.22. The first kappa shape index (κ1) is 28.4. The Balaban J connectivity index is 1.43. The summed E-state index contributed by atoms with van der Waals surface area (Å²) >= 11 is 0.771. The first-order valence-corrected chi connectivity index (χ1v) is 15.1. The van der Waals surface area contributed by atoms with E-state index in [0.717, 1.165) is 68.3 Å². The van der Waals surface area contributed by atoms with Gasteiger partial charge in [0.15, 0.2) is 10.9 Å². The molecule has 0 aliphatic carbocycles. The van der Waals surface area contributed by atoms with Gasteiger partial charge in [0, 0.05) is 29.6 Å². The number of piperidine rings is 1. The molecule has 3 fully saturated rings. The van der Waals surface area contributed by atoms with Crippen LogP contribution in [0.3, 0.4) is 0 Å². The van der Waals surface area contributed by atoms with Crippen molar-refractivity contribution in [2.24, 2.45) is 0 Å². The predicted molar refractivity (Wildman–Crippen MR) is 153 cm³/mol. The maximum absolute atomic E-state index is 16.7. The van der Waals surface area contributed by atoms with Crippen LogP contribution in [0.25, 0.3) is 32.2 Å². The van der Waals surface area contributed by atoms with Crippen molar-refractivity contribution in [3.63, 3.8) is 0 Å². The topological polar surface area (TPSA) is 101 Å². The number of hydrogen-bond acceptors (Lipinski definition) is 9. The summed E-state index contributed by atoms with van der Waals surface area (Å²) in [6.45, 7) is 2.84. The maximum atomic E-state index is 16.7. The van der Waals surface area contributed by atoms with E-state index in [1.807, 2.05) is 0 Å². The minimum absolute atomic E-state index is 0.0593. The molecule has 3 aliphatic rings. The van der Waals surface area contributed by atoms with E-state index in [-0.39, 0.29) is 55.8 Å². The number of nitrogens with two attached hydrogens (primary N) is 1. The van der Waals surface area contributed by atoms with Crippen LogP contribution >= 0.6 is 11.3 Å². The number of hydrogen-bond donors (Lipinski definition) is 2. The lowest BCUT2D eigenvalue weighted by atomic mass is 9.95. The fourth-order valence-electron chi connectivity index (χ4n) is 6.91. The highest BCUT2D eigenvalue weighted by Gasteiger charge is 2.45. The summed E-state index contributed by atoms with van der Waals surface area (Å²) in [6.07, 6.45) is -0.801. The van der Waals surface area contributed by atoms with Gasteiger partial charge in [0.2, 0.25) is 0 Å². The van der Waals surface area contributed by atoms with Crippen LogP contribution < -0.4 is 15.4 Å². The standard InChI is InChI=1S/C29H29F5N6O2S/c30-19-4-3-16(23-24(19)43-26(35)36-23)20-18(29(32,33)34)13-17-22(21(20)31)37-27(38-25(17)39-11-5-15(41)6-12-39)42-14-28-7-1-9-40(28)10-2-8-28/h3-4,13,15,41H,1-2,5-12,14H2,(H2,35,36). The van der Waals surface area contributed by atoms with Gasteiger partial charge in [-0.2, -0.15) is 23.1 Å². The Bertz CT molecular complexity index is 1710. The third-order valence-electron chi connectivity index (χ3n) is 9.02. The van der Waals surface area contributed by atoms with E-state index in [0.29, 0.717) is 25.9 Å². The summed E-state index contributed by atoms with van der Waals surface area (Å²) in [4.78, 5) is 17.0. The Morgan fingerprint density at radius 2 is 1.74 bits per heavy atom. The molecule has 5 heterocycles. The molecule has 0 saturated carbocycles. The lowest BCUT2D eigenvalue weighted by Gasteiger charge is -2.33. The zero-order valence-corrected chi connectivity index (χ0v) is 23.9. The molecule has 7 rings (SSSR count). The molecule has 3 saturated heterocycles. The Kier molecular flexibility index (Phi) is 6.86. The highest BCUT2D eigenvalue weighted by Crippen LogP contribution is 2.46. The van der Waals surface area contributed by atoms with E-state index in [1.165, 1.54) is 0 Å². The van der Waals surface area contributed by atoms with E-state index in [1.54, 1.807) is 4.90 Å². The van der Waals surface area contributed by atoms with Gasteiger partial charge in [-0.25, -0.2) is 13.8 Å². The van der Waals surface area contributed by atoms with Crippen molar-refractivity contribution in [3.05, 3.63) is 35.4 Å². The number of aromatic nitrogens is 3. The van der Waals surface area contributed by atoms with Crippen molar-refractivity contribution < 1.29 is 31.8 Å². The smallest absolute Gasteiger partial charge is 0.417 e. The van der Waals surface area contributed by atoms with Crippen LogP contribution in [0, 0.1) is 11.6 Å². The Hall–Kier alpha value is -3.36. The zero-order valence-electron chi connectivity index (χ0n) is 23.1. The molecule has 3 N–H and O–H groups in total. The molecular formula is C29H29F5N6O2S. The average Bonchev–Trinajstić information content (AvgIpc) is 3.66. The van der Waals surface area contributed by atoms with Crippen molar-refractivity contribution in [1.82, 2.24) is 19.9 Å². The Morgan fingerprint density at radius 3 is 2.44 bits per heavy atom. The number of aliphatic hydroxyl groups excluding tert-OH is 1. The molecule has 14 heteroatoms. The van der Waals surface area contributed by atoms with Crippen LogP contribution in [0.5, 0.6) is 6.01 Å². The first-order valence-electron chi connectivity index (χ1n) is 14.3. The molecule has 8 nitrogen and oxygen atoms in total. The molecule has 43 heavy (non-hydrogen) atoms. The monoisotopic (exact) mass is 620 g/mol. The normalized spacial score (nSPS) is 19.5. The molecule has 3 aliphatic heterocycles. The molecular weight excluding hydrogens is 591 g/mol. The largest absolute Gasteiger partial charge is 0.461 e. The molecule has 228 valence electrons. The van der Waals surface area contributed by atoms with Crippen molar-refractivity contribution >= 4 is 43.4 Å². The van der Waals surface area contributed by atoms with Crippen molar-refractivity contribution in [2.75, 3.05) is 43.4 Å². The van der Waals surface area contributed by atoms with Crippen LogP contribution in [0.1, 0.15) is 44.1 Å². The number of ether oxygens (including phenoxy) is 1. The summed E-state index contributed by atoms with van der Waals surface area (Å²) in [6, 6.07) is 2.77. The second-order valence-electron chi connectivity index (χ2n) is 11.6. The summed E-state index contributed by atoms with van der Waals surface area (Å²) < 4.78 is 81.2. The lowest BCUT2D eigenvalue weighted by Crippen LogP contribution is -2.43. The number of benzene rings is 2. The number of alkyl halides is 3. The van der Waals surface area contributed by atoms with Crippen LogP contribution in [0.4, 0.5) is 32.9 Å². The number of fused-ring (bicyclic) bond motifs is 3. The van der Waals surface area contributed by atoms with Gasteiger partial charge >= 0.3 is 12.2 Å². The van der Waals surface area contributed by atoms with Gasteiger partial charge in [-0.15, -0.1) is 0 Å². The third kappa shape index (κ3) is 4.83. The van der Waals surface area contributed by atoms with E-state index < -0.39 is 35.0 Å². The van der Waals surface area contributed by atoms with Crippen LogP contribution in [0.2, 0.25) is 0 Å². The van der Waals surface area contributed by atoms with E-state index in [4.69, 9.17) is 10.5 Å². The second kappa shape index (κ2) is 10.4. The van der Waals surface area contributed by atoms with Crippen molar-refractivity contribution in [2.45, 2.75) is 56.3 Å². The molecule has 4 aromatic rings. The fourth-order valence-corrected chi connectivity index (χ4v) is 7.68. The SMILES string of the molecule is Nc1nc2c(-c3c(C(F)(F)F)cc4c(N5CCC(O)CC5)nc(OCC56CCCN5CCC6)nc4c3F)ccc(F)c2s1. The molecule has 0 bridgehead atoms. The van der Waals surface area contributed by atoms with Gasteiger partial charge in [-0.1, -0.05) is 11.3 Å². The van der Waals surface area contributed by atoms with Gasteiger partial charge in [-0.05, 0) is 69.8 Å². The van der Waals surface area contributed by atoms with Crippen LogP contribution in [-0.4, -0.2) is 69.4 Å². The summed E-state index contributed by atoms with van der Waals surface area (Å²) in [5, 5.41) is 9.87. The lowest BCUT2D eigenvalue weighted by molar-refractivity contribution is -0.137. The fraction of sp³-hybridized carbons (Fsp3) is 0.483. The molecule has 0 radical (unpaired) electrons. The van der Waals surface area contributed by atoms with Crippen LogP contribution in [-0.2, 0) is 6.18 Å². The first-order chi connectivity index (χ1) is 20.5. The van der Waals surface area contributed by atoms with Crippen LogP contribution in [0.15, 0.2) is 18.2 Å². The predicted octanol–water partition coefficient (Wildman–Crippen LogP) is 5.75. The maximum Gasteiger partial charge on any atom is 0.417 e. The van der Waals surface area contributed by atoms with Crippen molar-refractivity contribution in [3.8, 4) is 17.1 Å². The van der Waals surface area contributed by atoms with Gasteiger partial charge in [0.1, 0.15) is 23.8 Å². The van der Waals surface area contributed by atoms with E-state index >= 15 is 4.39 Å². The number of anilines is 2. The average molecular weight is 621 g/mol. The van der Waals surface area contributed by atoms with Gasteiger partial charge in [0.25, 0.3) is 0 Å². The Morgan fingerprint density at radius 1 is 1.02 bits per heavy atom. The summed E-state index contributed by atoms with van der Waals surface area (Å²) in [5.74, 6) is -1.85. The van der Waals surface area contributed by atoms with Crippen molar-refractivity contribution in [1.29, 1.82) is 0 Å². The molecule has 0 amide bonds. The summed E-state index contributed by atoms with van der Waals surface area (Å²) in [7, 11) is 0. The highest BCUT2D eigenvalue weighted by atomic mass is 32.1. The number of nitrogens with zero attached hydrogens (tertiary/aromatic N) is 5. The van der Waals surface area contributed by atoms with Gasteiger partial charge in [-0.3, -0.25) is 4.90 Å². The summed E-state index contributed by atoms with van der Waals surface area (Å²) in [5.41, 5.74) is 2.80. The minimum Gasteiger partial charge on any atom is -0.461 e. The molecule has 0 atom stereocenters. The molecule has 0 spiro atoms. The van der Waals surface area contributed by atoms with Gasteiger partial charge < -0.3 is 20.5 Å². The van der Waals surface area contributed by atoms with E-state index in [2.05, 4.69) is 19.9 Å². The van der Waals surface area contributed by atoms with E-state index in [9.17, 15) is 22.7 Å². The number of rotatable bonds is 5. The second-order valence-corrected chi connectivity index (χ2v) is 12.6. The third-order valence-corrected chi connectivity index (χ3v) is 9.92.